The third-order valence-electron chi connectivity index (χ3n) is 4.71. The van der Waals surface area contributed by atoms with Gasteiger partial charge in [-0.2, -0.15) is 0 Å². The maximum Gasteiger partial charge on any atom is 0.252 e. The van der Waals surface area contributed by atoms with Crippen LogP contribution in [0.4, 0.5) is 5.00 Å². The smallest absolute Gasteiger partial charge is 0.252 e. The Kier molecular flexibility index (Phi) is 4.31. The van der Waals surface area contributed by atoms with Gasteiger partial charge in [-0.1, -0.05) is 60.7 Å². The molecule has 0 aliphatic heterocycles. The van der Waals surface area contributed by atoms with Gasteiger partial charge in [-0.25, -0.2) is 0 Å². The summed E-state index contributed by atoms with van der Waals surface area (Å²) in [5, 5.41) is 5.32. The molecule has 2 atom stereocenters. The van der Waals surface area contributed by atoms with Crippen LogP contribution in [0.3, 0.4) is 0 Å². The van der Waals surface area contributed by atoms with Crippen LogP contribution in [-0.4, -0.2) is 11.8 Å². The molecule has 2 aromatic carbocycles. The van der Waals surface area contributed by atoms with Gasteiger partial charge >= 0.3 is 0 Å². The lowest BCUT2D eigenvalue weighted by molar-refractivity contribution is -0.117. The lowest BCUT2D eigenvalue weighted by Gasteiger charge is -2.07. The van der Waals surface area contributed by atoms with Crippen molar-refractivity contribution in [2.75, 3.05) is 5.32 Å². The van der Waals surface area contributed by atoms with E-state index in [4.69, 9.17) is 5.73 Å². The Bertz CT molecular complexity index is 951. The van der Waals surface area contributed by atoms with Gasteiger partial charge in [0.05, 0.1) is 5.56 Å². The number of amides is 2. The minimum Gasteiger partial charge on any atom is -0.365 e. The van der Waals surface area contributed by atoms with Crippen LogP contribution in [-0.2, 0) is 4.79 Å². The number of primary amides is 1. The summed E-state index contributed by atoms with van der Waals surface area (Å²) in [4.78, 5) is 24.6. The van der Waals surface area contributed by atoms with Gasteiger partial charge in [0.2, 0.25) is 5.91 Å². The number of rotatable bonds is 5. The molecule has 5 heteroatoms. The van der Waals surface area contributed by atoms with E-state index in [0.717, 1.165) is 17.5 Å². The SMILES string of the molecule is NC(=O)c1c(-c2ccccc2)csc1NC(=O)[C@@H]1C[C@H]1c1ccccc1. The predicted molar refractivity (Wildman–Crippen MR) is 104 cm³/mol. The summed E-state index contributed by atoms with van der Waals surface area (Å²) in [6.45, 7) is 0. The molecular weight excluding hydrogens is 344 g/mol. The molecule has 3 N–H and O–H groups in total. The van der Waals surface area contributed by atoms with Gasteiger partial charge in [0.15, 0.2) is 0 Å². The molecule has 2 amide bonds. The second kappa shape index (κ2) is 6.77. The molecular formula is C21H18N2O2S. The second-order valence-electron chi connectivity index (χ2n) is 6.43. The molecule has 26 heavy (non-hydrogen) atoms. The Hall–Kier alpha value is -2.92. The topological polar surface area (TPSA) is 72.2 Å². The summed E-state index contributed by atoms with van der Waals surface area (Å²) in [5.74, 6) is -0.388. The van der Waals surface area contributed by atoms with Crippen LogP contribution in [0.15, 0.2) is 66.0 Å². The molecule has 0 spiro atoms. The van der Waals surface area contributed by atoms with E-state index < -0.39 is 5.91 Å². The highest BCUT2D eigenvalue weighted by Crippen LogP contribution is 2.48. The summed E-state index contributed by atoms with van der Waals surface area (Å²) < 4.78 is 0. The first-order chi connectivity index (χ1) is 12.6. The average molecular weight is 362 g/mol. The zero-order valence-corrected chi connectivity index (χ0v) is 14.8. The van der Waals surface area contributed by atoms with Gasteiger partial charge in [-0.15, -0.1) is 11.3 Å². The molecule has 1 aliphatic rings. The third kappa shape index (κ3) is 3.13. The monoisotopic (exact) mass is 362 g/mol. The van der Waals surface area contributed by atoms with Crippen LogP contribution in [0, 0.1) is 5.92 Å². The summed E-state index contributed by atoms with van der Waals surface area (Å²) in [6.07, 6.45) is 0.832. The van der Waals surface area contributed by atoms with Crippen molar-refractivity contribution in [1.29, 1.82) is 0 Å². The Morgan fingerprint density at radius 3 is 2.31 bits per heavy atom. The summed E-state index contributed by atoms with van der Waals surface area (Å²) >= 11 is 1.34. The van der Waals surface area contributed by atoms with Gasteiger partial charge in [0.25, 0.3) is 5.91 Å². The van der Waals surface area contributed by atoms with Crippen LogP contribution >= 0.6 is 11.3 Å². The summed E-state index contributed by atoms with van der Waals surface area (Å²) in [7, 11) is 0. The van der Waals surface area contributed by atoms with Gasteiger partial charge in [-0.3, -0.25) is 9.59 Å². The number of benzene rings is 2. The first kappa shape index (κ1) is 16.5. The lowest BCUT2D eigenvalue weighted by atomic mass is 10.0. The van der Waals surface area contributed by atoms with E-state index >= 15 is 0 Å². The molecule has 1 aromatic heterocycles. The number of nitrogens with two attached hydrogens (primary N) is 1. The van der Waals surface area contributed by atoms with Gasteiger partial charge in [0.1, 0.15) is 5.00 Å². The fourth-order valence-electron chi connectivity index (χ4n) is 3.28. The highest BCUT2D eigenvalue weighted by molar-refractivity contribution is 7.15. The van der Waals surface area contributed by atoms with E-state index in [9.17, 15) is 9.59 Å². The average Bonchev–Trinajstić information content (AvgIpc) is 3.37. The zero-order valence-electron chi connectivity index (χ0n) is 14.0. The minimum absolute atomic E-state index is 0.0529. The van der Waals surface area contributed by atoms with Crippen molar-refractivity contribution >= 4 is 28.2 Å². The normalized spacial score (nSPS) is 18.3. The van der Waals surface area contributed by atoms with E-state index in [1.54, 1.807) is 0 Å². The van der Waals surface area contributed by atoms with Crippen molar-refractivity contribution in [3.05, 3.63) is 77.2 Å². The molecule has 0 saturated heterocycles. The Morgan fingerprint density at radius 2 is 1.65 bits per heavy atom. The second-order valence-corrected chi connectivity index (χ2v) is 7.31. The van der Waals surface area contributed by atoms with Crippen LogP contribution in [0.25, 0.3) is 11.1 Å². The van der Waals surface area contributed by atoms with Crippen LogP contribution in [0.5, 0.6) is 0 Å². The Balaban J connectivity index is 1.55. The largest absolute Gasteiger partial charge is 0.365 e. The predicted octanol–water partition coefficient (Wildman–Crippen LogP) is 4.26. The Morgan fingerprint density at radius 1 is 1.00 bits per heavy atom. The van der Waals surface area contributed by atoms with Crippen LogP contribution in [0.1, 0.15) is 28.3 Å². The van der Waals surface area contributed by atoms with Crippen LogP contribution < -0.4 is 11.1 Å². The Labute approximate surface area is 155 Å². The minimum atomic E-state index is -0.532. The molecule has 1 aliphatic carbocycles. The molecule has 0 bridgehead atoms. The molecule has 1 heterocycles. The molecule has 3 aromatic rings. The highest BCUT2D eigenvalue weighted by Gasteiger charge is 2.44. The number of hydrogen-bond donors (Lipinski definition) is 2. The van der Waals surface area contributed by atoms with Crippen molar-refractivity contribution in [1.82, 2.24) is 0 Å². The summed E-state index contributed by atoms with van der Waals surface area (Å²) in [5.41, 5.74) is 8.83. The van der Waals surface area contributed by atoms with Gasteiger partial charge < -0.3 is 11.1 Å². The third-order valence-corrected chi connectivity index (χ3v) is 5.61. The van der Waals surface area contributed by atoms with E-state index in [2.05, 4.69) is 5.32 Å². The van der Waals surface area contributed by atoms with E-state index in [0.29, 0.717) is 10.6 Å². The quantitative estimate of drug-likeness (QED) is 0.712. The first-order valence-corrected chi connectivity index (χ1v) is 9.35. The number of carbonyl (C=O) groups is 2. The fourth-order valence-corrected chi connectivity index (χ4v) is 4.26. The lowest BCUT2D eigenvalue weighted by Crippen LogP contribution is -2.18. The van der Waals surface area contributed by atoms with E-state index in [-0.39, 0.29) is 17.7 Å². The molecule has 1 fully saturated rings. The van der Waals surface area contributed by atoms with Gasteiger partial charge in [-0.05, 0) is 23.5 Å². The van der Waals surface area contributed by atoms with Gasteiger partial charge in [0, 0.05) is 16.9 Å². The van der Waals surface area contributed by atoms with Crippen molar-refractivity contribution in [2.24, 2.45) is 11.7 Å². The molecule has 4 nitrogen and oxygen atoms in total. The number of anilines is 1. The highest BCUT2D eigenvalue weighted by atomic mass is 32.1. The number of hydrogen-bond acceptors (Lipinski definition) is 3. The molecule has 130 valence electrons. The first-order valence-electron chi connectivity index (χ1n) is 8.47. The van der Waals surface area contributed by atoms with Crippen molar-refractivity contribution < 1.29 is 9.59 Å². The number of carbonyl (C=O) groups excluding carboxylic acids is 2. The fraction of sp³-hybridized carbons (Fsp3) is 0.143. The standard InChI is InChI=1S/C21H18N2O2S/c22-19(24)18-17(14-9-5-2-6-10-14)12-26-21(18)23-20(25)16-11-15(16)13-7-3-1-4-8-13/h1-10,12,15-16H,11H2,(H2,22,24)(H,23,25)/t15-,16+/m0/s1. The number of thiophene rings is 1. The van der Waals surface area contributed by atoms with E-state index in [1.807, 2.05) is 66.0 Å². The van der Waals surface area contributed by atoms with Crippen LogP contribution in [0.2, 0.25) is 0 Å². The van der Waals surface area contributed by atoms with Crippen molar-refractivity contribution in [3.8, 4) is 11.1 Å². The molecule has 0 unspecified atom stereocenters. The molecule has 1 saturated carbocycles. The summed E-state index contributed by atoms with van der Waals surface area (Å²) in [6, 6.07) is 19.6. The maximum absolute atomic E-state index is 12.6. The molecule has 0 radical (unpaired) electrons. The van der Waals surface area contributed by atoms with Crippen molar-refractivity contribution in [2.45, 2.75) is 12.3 Å². The molecule has 4 rings (SSSR count). The maximum atomic E-state index is 12.6. The number of nitrogens with one attached hydrogen (secondary N) is 1. The van der Waals surface area contributed by atoms with Crippen molar-refractivity contribution in [3.63, 3.8) is 0 Å². The zero-order chi connectivity index (χ0) is 18.1. The van der Waals surface area contributed by atoms with E-state index in [1.165, 1.54) is 16.9 Å².